The molecule has 2 N–H and O–H groups in total. The van der Waals surface area contributed by atoms with Crippen LogP contribution in [-0.2, 0) is 6.42 Å². The van der Waals surface area contributed by atoms with Crippen molar-refractivity contribution in [3.05, 3.63) is 39.8 Å². The number of aryl methyl sites for hydroxylation is 1. The molecule has 4 heterocycles. The molecule has 2 saturated heterocycles. The minimum atomic E-state index is -0.804. The van der Waals surface area contributed by atoms with Gasteiger partial charge in [0.2, 0.25) is 11.8 Å². The van der Waals surface area contributed by atoms with Gasteiger partial charge in [-0.3, -0.25) is 19.7 Å². The fourth-order valence-electron chi connectivity index (χ4n) is 3.75. The number of aromatic nitrogens is 4. The van der Waals surface area contributed by atoms with E-state index in [1.807, 2.05) is 9.80 Å². The topological polar surface area (TPSA) is 98.0 Å². The van der Waals surface area contributed by atoms with Gasteiger partial charge in [-0.15, -0.1) is 0 Å². The molecular weight excluding hydrogens is 327 g/mol. The van der Waals surface area contributed by atoms with Crippen LogP contribution in [0.15, 0.2) is 17.1 Å². The van der Waals surface area contributed by atoms with Gasteiger partial charge in [-0.2, -0.15) is 9.49 Å². The lowest BCUT2D eigenvalue weighted by Gasteiger charge is -2.22. The predicted octanol–water partition coefficient (Wildman–Crippen LogP) is 0.403. The summed E-state index contributed by atoms with van der Waals surface area (Å²) in [5.74, 6) is 0.200. The van der Waals surface area contributed by atoms with Crippen LogP contribution in [0.1, 0.15) is 23.1 Å². The molecule has 0 spiro atoms. The number of carbonyl (C=O) groups excluding carboxylic acids is 1. The number of nitrogens with one attached hydrogen (secondary N) is 2. The number of hydrogen-bond donors (Lipinski definition) is 2. The second-order valence-corrected chi connectivity index (χ2v) is 6.61. The maximum atomic E-state index is 13.7. The molecule has 2 fully saturated rings. The van der Waals surface area contributed by atoms with Crippen LogP contribution in [0, 0.1) is 17.7 Å². The lowest BCUT2D eigenvalue weighted by molar-refractivity contribution is 0.0776. The third kappa shape index (κ3) is 2.69. The van der Waals surface area contributed by atoms with Crippen molar-refractivity contribution in [3.8, 4) is 0 Å². The third-order valence-corrected chi connectivity index (χ3v) is 5.06. The fourth-order valence-corrected chi connectivity index (χ4v) is 3.75. The van der Waals surface area contributed by atoms with Gasteiger partial charge in [0.05, 0.1) is 5.69 Å². The number of fused-ring (bicyclic) bond motifs is 1. The summed E-state index contributed by atoms with van der Waals surface area (Å²) in [5, 5.41) is 6.52. The third-order valence-electron chi connectivity index (χ3n) is 5.06. The number of nitrogens with zero attached hydrogens (tertiary/aromatic N) is 4. The van der Waals surface area contributed by atoms with Crippen molar-refractivity contribution in [3.63, 3.8) is 0 Å². The molecule has 2 atom stereocenters. The number of H-pyrrole nitrogens is 2. The average molecular weight is 346 g/mol. The van der Waals surface area contributed by atoms with Gasteiger partial charge in [0.1, 0.15) is 5.69 Å². The van der Waals surface area contributed by atoms with Gasteiger partial charge in [0.15, 0.2) is 0 Å². The van der Waals surface area contributed by atoms with E-state index in [1.54, 1.807) is 19.2 Å². The Balaban J connectivity index is 1.47. The molecule has 2 aromatic heterocycles. The van der Waals surface area contributed by atoms with Crippen LogP contribution in [0.3, 0.4) is 0 Å². The highest BCUT2D eigenvalue weighted by atomic mass is 19.1. The van der Waals surface area contributed by atoms with E-state index in [0.717, 1.165) is 0 Å². The molecular formula is C16H19FN6O2. The second kappa shape index (κ2) is 5.98. The van der Waals surface area contributed by atoms with Crippen molar-refractivity contribution >= 4 is 11.9 Å². The summed E-state index contributed by atoms with van der Waals surface area (Å²) in [6, 6.07) is 1.67. The summed E-state index contributed by atoms with van der Waals surface area (Å²) in [6.07, 6.45) is 1.93. The predicted molar refractivity (Wildman–Crippen MR) is 87.9 cm³/mol. The van der Waals surface area contributed by atoms with Crippen molar-refractivity contribution in [1.29, 1.82) is 0 Å². The van der Waals surface area contributed by atoms with Crippen LogP contribution in [0.4, 0.5) is 10.3 Å². The van der Waals surface area contributed by atoms with Gasteiger partial charge in [-0.1, -0.05) is 6.92 Å². The first-order chi connectivity index (χ1) is 12.1. The number of hydrogen-bond acceptors (Lipinski definition) is 5. The number of carbonyl (C=O) groups is 1. The Morgan fingerprint density at radius 2 is 2.04 bits per heavy atom. The second-order valence-electron chi connectivity index (χ2n) is 6.61. The lowest BCUT2D eigenvalue weighted by Crippen LogP contribution is -2.34. The summed E-state index contributed by atoms with van der Waals surface area (Å²) in [5.41, 5.74) is -0.0456. The minimum absolute atomic E-state index is 0.0416. The summed E-state index contributed by atoms with van der Waals surface area (Å²) in [4.78, 5) is 34.7. The first-order valence-electron chi connectivity index (χ1n) is 8.39. The normalized spacial score (nSPS) is 22.5. The van der Waals surface area contributed by atoms with Gasteiger partial charge in [-0.25, -0.2) is 4.98 Å². The number of aromatic amines is 2. The molecule has 25 heavy (non-hydrogen) atoms. The summed E-state index contributed by atoms with van der Waals surface area (Å²) in [7, 11) is 0. The van der Waals surface area contributed by atoms with E-state index in [9.17, 15) is 14.0 Å². The van der Waals surface area contributed by atoms with Crippen molar-refractivity contribution < 1.29 is 9.18 Å². The van der Waals surface area contributed by atoms with Crippen molar-refractivity contribution in [2.24, 2.45) is 11.8 Å². The number of halogens is 1. The van der Waals surface area contributed by atoms with E-state index in [4.69, 9.17) is 0 Å². The standard InChI is InChI=1S/C16H19FN6O2/c1-2-11-13(17)14(24)20-16(19-11)23-7-9-5-22(6-10(9)8-23)15(25)12-3-4-18-21-12/h3-4,9-10H,2,5-8H2,1H3,(H,18,21)(H,19,20,24). The number of amides is 1. The fraction of sp³-hybridized carbons (Fsp3) is 0.500. The first-order valence-corrected chi connectivity index (χ1v) is 8.39. The molecule has 2 aromatic rings. The summed E-state index contributed by atoms with van der Waals surface area (Å²) >= 11 is 0. The molecule has 0 aliphatic carbocycles. The highest BCUT2D eigenvalue weighted by molar-refractivity contribution is 5.92. The quantitative estimate of drug-likeness (QED) is 0.838. The maximum Gasteiger partial charge on any atom is 0.288 e. The Morgan fingerprint density at radius 3 is 2.64 bits per heavy atom. The van der Waals surface area contributed by atoms with E-state index in [1.165, 1.54) is 0 Å². The molecule has 4 rings (SSSR count). The van der Waals surface area contributed by atoms with Gasteiger partial charge >= 0.3 is 0 Å². The Morgan fingerprint density at radius 1 is 1.32 bits per heavy atom. The molecule has 132 valence electrons. The minimum Gasteiger partial charge on any atom is -0.342 e. The average Bonchev–Trinajstić information content (AvgIpc) is 3.32. The van der Waals surface area contributed by atoms with Gasteiger partial charge < -0.3 is 9.80 Å². The van der Waals surface area contributed by atoms with Gasteiger partial charge in [-0.05, 0) is 12.5 Å². The van der Waals surface area contributed by atoms with E-state index in [0.29, 0.717) is 56.1 Å². The highest BCUT2D eigenvalue weighted by Gasteiger charge is 2.42. The highest BCUT2D eigenvalue weighted by Crippen LogP contribution is 2.33. The van der Waals surface area contributed by atoms with Gasteiger partial charge in [0, 0.05) is 44.2 Å². The summed E-state index contributed by atoms with van der Waals surface area (Å²) < 4.78 is 13.7. The Labute approximate surface area is 143 Å². The zero-order valence-corrected chi connectivity index (χ0v) is 13.8. The number of rotatable bonds is 3. The van der Waals surface area contributed by atoms with Crippen LogP contribution >= 0.6 is 0 Å². The Hall–Kier alpha value is -2.71. The SMILES string of the molecule is CCc1nc(N2CC3CN(C(=O)c4ccn[nH]4)CC3C2)[nH]c(=O)c1F. The van der Waals surface area contributed by atoms with Crippen LogP contribution in [-0.4, -0.2) is 57.2 Å². The van der Waals surface area contributed by atoms with Crippen molar-refractivity contribution in [1.82, 2.24) is 25.1 Å². The number of likely N-dealkylation sites (tertiary alicyclic amines) is 1. The Bertz CT molecular complexity index is 835. The number of anilines is 1. The van der Waals surface area contributed by atoms with E-state index in [-0.39, 0.29) is 11.6 Å². The van der Waals surface area contributed by atoms with E-state index < -0.39 is 11.4 Å². The molecule has 0 radical (unpaired) electrons. The van der Waals surface area contributed by atoms with Gasteiger partial charge in [0.25, 0.3) is 11.5 Å². The van der Waals surface area contributed by atoms with Crippen LogP contribution in [0.2, 0.25) is 0 Å². The first kappa shape index (κ1) is 15.8. The maximum absolute atomic E-state index is 13.7. The molecule has 2 unspecified atom stereocenters. The van der Waals surface area contributed by atoms with Crippen molar-refractivity contribution in [2.45, 2.75) is 13.3 Å². The molecule has 0 bridgehead atoms. The molecule has 8 nitrogen and oxygen atoms in total. The Kier molecular flexibility index (Phi) is 3.78. The zero-order chi connectivity index (χ0) is 17.6. The molecule has 0 saturated carbocycles. The largest absolute Gasteiger partial charge is 0.342 e. The molecule has 9 heteroatoms. The monoisotopic (exact) mass is 346 g/mol. The van der Waals surface area contributed by atoms with E-state index in [2.05, 4.69) is 20.2 Å². The molecule has 1 amide bonds. The summed E-state index contributed by atoms with van der Waals surface area (Å²) in [6.45, 7) is 4.47. The lowest BCUT2D eigenvalue weighted by atomic mass is 10.0. The van der Waals surface area contributed by atoms with E-state index >= 15 is 0 Å². The van der Waals surface area contributed by atoms with Crippen molar-refractivity contribution in [2.75, 3.05) is 31.1 Å². The van der Waals surface area contributed by atoms with Crippen LogP contribution in [0.5, 0.6) is 0 Å². The van der Waals surface area contributed by atoms with Crippen LogP contribution < -0.4 is 10.5 Å². The zero-order valence-electron chi connectivity index (χ0n) is 13.8. The molecule has 0 aromatic carbocycles. The smallest absolute Gasteiger partial charge is 0.288 e. The van der Waals surface area contributed by atoms with Crippen LogP contribution in [0.25, 0.3) is 0 Å². The molecule has 2 aliphatic heterocycles. The molecule has 2 aliphatic rings.